The topological polar surface area (TPSA) is 15.3 Å². The van der Waals surface area contributed by atoms with E-state index in [1.165, 1.54) is 0 Å². The van der Waals surface area contributed by atoms with Gasteiger partial charge in [0.2, 0.25) is 0 Å². The molecule has 0 unspecified atom stereocenters. The van der Waals surface area contributed by atoms with Crippen LogP contribution < -0.4 is 5.32 Å². The largest absolute Gasteiger partial charge is 0.471 e. The number of nitrogens with one attached hydrogen (secondary N) is 1. The first-order valence-electron chi connectivity index (χ1n) is 2.30. The minimum atomic E-state index is -4.29. The number of halogens is 3. The minimum absolute atomic E-state index is 0.164. The van der Waals surface area contributed by atoms with Gasteiger partial charge < -0.3 is 5.32 Å². The maximum atomic E-state index is 11.7. The van der Waals surface area contributed by atoms with Crippen molar-refractivity contribution in [1.82, 2.24) is 9.62 Å². The molecule has 10 heavy (non-hydrogen) atoms. The molecule has 1 N–H and O–H groups in total. The Morgan fingerprint density at radius 1 is 1.60 bits per heavy atom. The van der Waals surface area contributed by atoms with Gasteiger partial charge in [0.05, 0.1) is 6.67 Å². The SMILES string of the molecule is FC(F)(F)N1CNC(=S)S1. The second kappa shape index (κ2) is 2.55. The molecule has 58 valence electrons. The molecule has 1 saturated heterocycles. The van der Waals surface area contributed by atoms with Crippen LogP contribution >= 0.6 is 24.2 Å². The lowest BCUT2D eigenvalue weighted by Crippen LogP contribution is -2.32. The van der Waals surface area contributed by atoms with E-state index in [4.69, 9.17) is 0 Å². The van der Waals surface area contributed by atoms with Crippen LogP contribution in [0.15, 0.2) is 0 Å². The molecule has 0 aromatic heterocycles. The van der Waals surface area contributed by atoms with Crippen molar-refractivity contribution in [1.29, 1.82) is 0 Å². The van der Waals surface area contributed by atoms with Crippen molar-refractivity contribution in [2.24, 2.45) is 0 Å². The summed E-state index contributed by atoms with van der Waals surface area (Å²) in [5, 5.41) is 2.38. The Labute approximate surface area is 64.9 Å². The standard InChI is InChI=1S/C3H3F3N2S2/c4-3(5,6)8-1-7-2(9)10-8/h1H2,(H,7,9). The molecule has 0 aliphatic carbocycles. The Morgan fingerprint density at radius 3 is 2.40 bits per heavy atom. The number of thiocarbonyl (C=S) groups is 1. The van der Waals surface area contributed by atoms with Gasteiger partial charge in [-0.15, -0.1) is 4.31 Å². The van der Waals surface area contributed by atoms with Crippen LogP contribution in [-0.4, -0.2) is 21.6 Å². The van der Waals surface area contributed by atoms with Crippen LogP contribution in [0.2, 0.25) is 0 Å². The summed E-state index contributed by atoms with van der Waals surface area (Å²) in [7, 11) is 0. The van der Waals surface area contributed by atoms with Crippen LogP contribution in [0.4, 0.5) is 13.2 Å². The summed E-state index contributed by atoms with van der Waals surface area (Å²) in [6, 6.07) is 0. The molecule has 1 fully saturated rings. The molecular formula is C3H3F3N2S2. The highest BCUT2D eigenvalue weighted by atomic mass is 32.2. The molecule has 7 heteroatoms. The lowest BCUT2D eigenvalue weighted by molar-refractivity contribution is -0.205. The zero-order valence-corrected chi connectivity index (χ0v) is 6.24. The van der Waals surface area contributed by atoms with Crippen molar-refractivity contribution in [3.63, 3.8) is 0 Å². The third-order valence-corrected chi connectivity index (χ3v) is 2.08. The van der Waals surface area contributed by atoms with Crippen LogP contribution in [0, 0.1) is 0 Å². The highest BCUT2D eigenvalue weighted by Gasteiger charge is 2.41. The minimum Gasteiger partial charge on any atom is -0.356 e. The van der Waals surface area contributed by atoms with Gasteiger partial charge in [0.1, 0.15) is 4.32 Å². The number of hydrogen-bond acceptors (Lipinski definition) is 3. The fourth-order valence-electron chi connectivity index (χ4n) is 0.442. The second-order valence-electron chi connectivity index (χ2n) is 1.56. The predicted octanol–water partition coefficient (Wildman–Crippen LogP) is 1.30. The molecule has 1 aliphatic heterocycles. The smallest absolute Gasteiger partial charge is 0.356 e. The van der Waals surface area contributed by atoms with E-state index in [9.17, 15) is 13.2 Å². The monoisotopic (exact) mass is 188 g/mol. The summed E-state index contributed by atoms with van der Waals surface area (Å²) in [6.07, 6.45) is -4.29. The van der Waals surface area contributed by atoms with E-state index in [2.05, 4.69) is 17.5 Å². The quantitative estimate of drug-likeness (QED) is 0.350. The van der Waals surface area contributed by atoms with Gasteiger partial charge in [-0.25, -0.2) is 0 Å². The van der Waals surface area contributed by atoms with Crippen molar-refractivity contribution >= 4 is 28.5 Å². The van der Waals surface area contributed by atoms with Crippen molar-refractivity contribution in [2.45, 2.75) is 6.30 Å². The zero-order chi connectivity index (χ0) is 7.78. The Balaban J connectivity index is 2.53. The zero-order valence-electron chi connectivity index (χ0n) is 4.60. The van der Waals surface area contributed by atoms with Gasteiger partial charge in [0, 0.05) is 0 Å². The average Bonchev–Trinajstić information content (AvgIpc) is 2.11. The normalized spacial score (nSPS) is 21.3. The highest BCUT2D eigenvalue weighted by molar-refractivity contribution is 8.21. The predicted molar refractivity (Wildman–Crippen MR) is 36.1 cm³/mol. The van der Waals surface area contributed by atoms with E-state index in [1.807, 2.05) is 0 Å². The molecule has 1 aliphatic rings. The van der Waals surface area contributed by atoms with Gasteiger partial charge in [0.15, 0.2) is 0 Å². The first-order chi connectivity index (χ1) is 4.50. The highest BCUT2D eigenvalue weighted by Crippen LogP contribution is 2.30. The van der Waals surface area contributed by atoms with Gasteiger partial charge in [0.25, 0.3) is 0 Å². The molecule has 1 heterocycles. The Kier molecular flexibility index (Phi) is 2.07. The first-order valence-corrected chi connectivity index (χ1v) is 3.48. The van der Waals surface area contributed by atoms with Crippen LogP contribution in [0.5, 0.6) is 0 Å². The molecule has 0 spiro atoms. The van der Waals surface area contributed by atoms with Crippen LogP contribution in [0.1, 0.15) is 0 Å². The van der Waals surface area contributed by atoms with Crippen LogP contribution in [0.3, 0.4) is 0 Å². The van der Waals surface area contributed by atoms with E-state index in [0.717, 1.165) is 0 Å². The van der Waals surface area contributed by atoms with E-state index in [0.29, 0.717) is 11.9 Å². The molecule has 0 amide bonds. The lowest BCUT2D eigenvalue weighted by Gasteiger charge is -2.14. The van der Waals surface area contributed by atoms with E-state index in [1.54, 1.807) is 0 Å². The molecule has 0 radical (unpaired) electrons. The van der Waals surface area contributed by atoms with E-state index < -0.39 is 6.30 Å². The average molecular weight is 188 g/mol. The fourth-order valence-corrected chi connectivity index (χ4v) is 1.34. The number of nitrogens with zero attached hydrogens (tertiary/aromatic N) is 1. The number of alkyl halides is 3. The van der Waals surface area contributed by atoms with Crippen LogP contribution in [-0.2, 0) is 0 Å². The molecule has 0 atom stereocenters. The van der Waals surface area contributed by atoms with Crippen molar-refractivity contribution in [3.8, 4) is 0 Å². The van der Waals surface area contributed by atoms with Gasteiger partial charge in [-0.1, -0.05) is 12.2 Å². The van der Waals surface area contributed by atoms with Crippen molar-refractivity contribution in [3.05, 3.63) is 0 Å². The summed E-state index contributed by atoms with van der Waals surface area (Å²) in [5.74, 6) is 0. The summed E-state index contributed by atoms with van der Waals surface area (Å²) in [4.78, 5) is 0. The van der Waals surface area contributed by atoms with Gasteiger partial charge in [-0.05, 0) is 11.9 Å². The van der Waals surface area contributed by atoms with Gasteiger partial charge >= 0.3 is 6.30 Å². The van der Waals surface area contributed by atoms with E-state index >= 15 is 0 Å². The Bertz CT molecular complexity index is 156. The summed E-state index contributed by atoms with van der Waals surface area (Å²) in [6.45, 7) is -0.257. The Hall–Kier alpha value is -0.0100. The summed E-state index contributed by atoms with van der Waals surface area (Å²) >= 11 is 4.98. The van der Waals surface area contributed by atoms with Gasteiger partial charge in [-0.3, -0.25) is 0 Å². The third-order valence-electron chi connectivity index (χ3n) is 0.843. The molecule has 0 saturated carbocycles. The molecule has 0 aromatic rings. The summed E-state index contributed by atoms with van der Waals surface area (Å²) < 4.78 is 35.6. The fraction of sp³-hybridized carbons (Fsp3) is 0.667. The number of hydrogen-bond donors (Lipinski definition) is 1. The Morgan fingerprint density at radius 2 is 2.20 bits per heavy atom. The lowest BCUT2D eigenvalue weighted by atomic mass is 10.9. The molecule has 2 nitrogen and oxygen atoms in total. The second-order valence-corrected chi connectivity index (χ2v) is 3.26. The van der Waals surface area contributed by atoms with E-state index in [-0.39, 0.29) is 15.3 Å². The van der Waals surface area contributed by atoms with Crippen molar-refractivity contribution in [2.75, 3.05) is 6.67 Å². The summed E-state index contributed by atoms with van der Waals surface area (Å²) in [5.41, 5.74) is 0. The first kappa shape index (κ1) is 8.09. The third kappa shape index (κ3) is 1.74. The molecule has 0 bridgehead atoms. The molecular weight excluding hydrogens is 185 g/mol. The molecule has 1 rings (SSSR count). The van der Waals surface area contributed by atoms with Crippen LogP contribution in [0.25, 0.3) is 0 Å². The maximum absolute atomic E-state index is 11.7. The number of rotatable bonds is 0. The van der Waals surface area contributed by atoms with Gasteiger partial charge in [-0.2, -0.15) is 13.2 Å². The van der Waals surface area contributed by atoms with Crippen molar-refractivity contribution < 1.29 is 13.2 Å². The maximum Gasteiger partial charge on any atom is 0.471 e. The molecule has 0 aromatic carbocycles.